The van der Waals surface area contributed by atoms with Gasteiger partial charge in [-0.3, -0.25) is 4.90 Å². The molecule has 9 heteroatoms. The molecule has 1 fully saturated rings. The van der Waals surface area contributed by atoms with Crippen molar-refractivity contribution in [3.63, 3.8) is 0 Å². The van der Waals surface area contributed by atoms with Crippen LogP contribution in [0.4, 0.5) is 5.82 Å². The zero-order valence-electron chi connectivity index (χ0n) is 11.8. The fraction of sp³-hybridized carbons (Fsp3) is 0.583. The monoisotopic (exact) mass is 378 g/mol. The molecule has 0 saturated carbocycles. The minimum Gasteiger partial charge on any atom is -0.383 e. The van der Waals surface area contributed by atoms with Gasteiger partial charge in [0.05, 0.1) is 12.7 Å². The summed E-state index contributed by atoms with van der Waals surface area (Å²) >= 11 is 3.19. The van der Waals surface area contributed by atoms with Crippen LogP contribution in [-0.4, -0.2) is 57.2 Å². The van der Waals surface area contributed by atoms with E-state index >= 15 is 0 Å². The molecular weight excluding hydrogens is 360 g/mol. The molecule has 0 amide bonds. The molecule has 2 rings (SSSR count). The third-order valence-electron chi connectivity index (χ3n) is 3.31. The van der Waals surface area contributed by atoms with Crippen molar-refractivity contribution in [1.82, 2.24) is 14.6 Å². The van der Waals surface area contributed by atoms with Crippen molar-refractivity contribution in [3.8, 4) is 0 Å². The molecular formula is C12H19BrN4O3S. The number of aromatic nitrogens is 1. The number of nitrogens with zero attached hydrogens (tertiary/aromatic N) is 2. The highest BCUT2D eigenvalue weighted by Crippen LogP contribution is 2.20. The summed E-state index contributed by atoms with van der Waals surface area (Å²) in [5.74, 6) is -0.0227. The highest BCUT2D eigenvalue weighted by atomic mass is 79.9. The molecule has 1 atom stereocenters. The Hall–Kier alpha value is -0.740. The van der Waals surface area contributed by atoms with Crippen LogP contribution in [-0.2, 0) is 14.8 Å². The standard InChI is InChI=1S/C12H19BrN4O3S/c1-2-17-3-4-20-10(8-17)7-16-21(18,19)11-5-9(13)6-15-12(11)14/h5-6,10,16H,2-4,7-8H2,1H3,(H2,14,15). The van der Waals surface area contributed by atoms with Crippen molar-refractivity contribution in [3.05, 3.63) is 16.7 Å². The number of hydrogen-bond acceptors (Lipinski definition) is 6. The van der Waals surface area contributed by atoms with E-state index in [2.05, 4.69) is 37.5 Å². The maximum Gasteiger partial charge on any atom is 0.244 e. The van der Waals surface area contributed by atoms with Gasteiger partial charge in [0.15, 0.2) is 0 Å². The Bertz CT molecular complexity index is 596. The molecule has 1 unspecified atom stereocenters. The number of hydrogen-bond donors (Lipinski definition) is 2. The lowest BCUT2D eigenvalue weighted by Crippen LogP contribution is -2.47. The maximum absolute atomic E-state index is 12.3. The SMILES string of the molecule is CCN1CCOC(CNS(=O)(=O)c2cc(Br)cnc2N)C1. The van der Waals surface area contributed by atoms with Crippen LogP contribution in [0.15, 0.2) is 21.6 Å². The summed E-state index contributed by atoms with van der Waals surface area (Å²) in [6, 6.07) is 1.44. The predicted octanol–water partition coefficient (Wildman–Crippen LogP) is 0.425. The lowest BCUT2D eigenvalue weighted by atomic mass is 10.3. The first kappa shape index (κ1) is 16.6. The number of likely N-dealkylation sites (N-methyl/N-ethyl adjacent to an activating group) is 1. The van der Waals surface area contributed by atoms with Crippen LogP contribution in [0.25, 0.3) is 0 Å². The van der Waals surface area contributed by atoms with Crippen molar-refractivity contribution in [2.24, 2.45) is 0 Å². The van der Waals surface area contributed by atoms with Gasteiger partial charge < -0.3 is 10.5 Å². The molecule has 0 radical (unpaired) electrons. The van der Waals surface area contributed by atoms with E-state index in [9.17, 15) is 8.42 Å². The quantitative estimate of drug-likeness (QED) is 0.770. The normalized spacial score (nSPS) is 20.6. The summed E-state index contributed by atoms with van der Waals surface area (Å²) in [6.07, 6.45) is 1.30. The van der Waals surface area contributed by atoms with E-state index in [1.807, 2.05) is 0 Å². The van der Waals surface area contributed by atoms with E-state index in [0.717, 1.165) is 13.1 Å². The van der Waals surface area contributed by atoms with Crippen molar-refractivity contribution in [2.45, 2.75) is 17.9 Å². The van der Waals surface area contributed by atoms with Crippen molar-refractivity contribution < 1.29 is 13.2 Å². The minimum atomic E-state index is -3.70. The Morgan fingerprint density at radius 1 is 1.62 bits per heavy atom. The summed E-state index contributed by atoms with van der Waals surface area (Å²) in [7, 11) is -3.70. The van der Waals surface area contributed by atoms with Crippen LogP contribution in [0.1, 0.15) is 6.92 Å². The average Bonchev–Trinajstić information content (AvgIpc) is 2.48. The molecule has 1 saturated heterocycles. The number of ether oxygens (including phenoxy) is 1. The molecule has 0 bridgehead atoms. The number of nitrogens with two attached hydrogens (primary N) is 1. The summed E-state index contributed by atoms with van der Waals surface area (Å²) in [5, 5.41) is 0. The third kappa shape index (κ3) is 4.36. The Kier molecular flexibility index (Phi) is 5.55. The molecule has 0 aliphatic carbocycles. The van der Waals surface area contributed by atoms with E-state index in [1.54, 1.807) is 0 Å². The Morgan fingerprint density at radius 2 is 2.38 bits per heavy atom. The zero-order chi connectivity index (χ0) is 15.5. The number of nitrogens with one attached hydrogen (secondary N) is 1. The highest BCUT2D eigenvalue weighted by Gasteiger charge is 2.24. The van der Waals surface area contributed by atoms with E-state index in [0.29, 0.717) is 17.6 Å². The molecule has 2 heterocycles. The van der Waals surface area contributed by atoms with Crippen molar-refractivity contribution >= 4 is 31.8 Å². The van der Waals surface area contributed by atoms with Crippen LogP contribution in [0.5, 0.6) is 0 Å². The average molecular weight is 379 g/mol. The Morgan fingerprint density at radius 3 is 3.10 bits per heavy atom. The Labute approximate surface area is 133 Å². The van der Waals surface area contributed by atoms with Crippen molar-refractivity contribution in [2.75, 3.05) is 38.5 Å². The number of halogens is 1. The molecule has 118 valence electrons. The number of anilines is 1. The van der Waals surface area contributed by atoms with Gasteiger partial charge in [-0.25, -0.2) is 18.1 Å². The lowest BCUT2D eigenvalue weighted by Gasteiger charge is -2.32. The summed E-state index contributed by atoms with van der Waals surface area (Å²) in [4.78, 5) is 6.03. The summed E-state index contributed by atoms with van der Waals surface area (Å²) in [5.41, 5.74) is 5.64. The Balaban J connectivity index is 2.03. The van der Waals surface area contributed by atoms with Gasteiger partial charge >= 0.3 is 0 Å². The van der Waals surface area contributed by atoms with E-state index in [4.69, 9.17) is 10.5 Å². The van der Waals surface area contributed by atoms with Gasteiger partial charge in [0, 0.05) is 30.3 Å². The van der Waals surface area contributed by atoms with Gasteiger partial charge in [0.1, 0.15) is 10.7 Å². The zero-order valence-corrected chi connectivity index (χ0v) is 14.2. The number of nitrogen functional groups attached to an aromatic ring is 1. The molecule has 1 aliphatic rings. The predicted molar refractivity (Wildman–Crippen MR) is 83.4 cm³/mol. The lowest BCUT2D eigenvalue weighted by molar-refractivity contribution is -0.0229. The first-order valence-electron chi connectivity index (χ1n) is 6.67. The van der Waals surface area contributed by atoms with Gasteiger partial charge in [0.2, 0.25) is 10.0 Å². The smallest absolute Gasteiger partial charge is 0.244 e. The van der Waals surface area contributed by atoms with Gasteiger partial charge in [-0.2, -0.15) is 0 Å². The van der Waals surface area contributed by atoms with Gasteiger partial charge in [-0.1, -0.05) is 6.92 Å². The number of pyridine rings is 1. The largest absolute Gasteiger partial charge is 0.383 e. The highest BCUT2D eigenvalue weighted by molar-refractivity contribution is 9.10. The molecule has 1 aromatic heterocycles. The second kappa shape index (κ2) is 7.01. The molecule has 21 heavy (non-hydrogen) atoms. The van der Waals surface area contributed by atoms with Gasteiger partial charge in [0.25, 0.3) is 0 Å². The van der Waals surface area contributed by atoms with Crippen LogP contribution in [0, 0.1) is 0 Å². The van der Waals surface area contributed by atoms with E-state index in [-0.39, 0.29) is 23.4 Å². The molecule has 0 aromatic carbocycles. The first-order chi connectivity index (χ1) is 9.92. The molecule has 1 aromatic rings. The fourth-order valence-electron chi connectivity index (χ4n) is 2.12. The third-order valence-corrected chi connectivity index (χ3v) is 5.20. The van der Waals surface area contributed by atoms with Crippen LogP contribution in [0.2, 0.25) is 0 Å². The summed E-state index contributed by atoms with van der Waals surface area (Å²) < 4.78 is 33.2. The second-order valence-corrected chi connectivity index (χ2v) is 7.43. The van der Waals surface area contributed by atoms with Crippen molar-refractivity contribution in [1.29, 1.82) is 0 Å². The van der Waals surface area contributed by atoms with Crippen LogP contribution in [0.3, 0.4) is 0 Å². The maximum atomic E-state index is 12.3. The topological polar surface area (TPSA) is 97.5 Å². The number of rotatable bonds is 5. The minimum absolute atomic E-state index is 0.0227. The number of sulfonamides is 1. The molecule has 3 N–H and O–H groups in total. The van der Waals surface area contributed by atoms with E-state index in [1.165, 1.54) is 12.3 Å². The van der Waals surface area contributed by atoms with Crippen LogP contribution < -0.4 is 10.5 Å². The second-order valence-electron chi connectivity index (χ2n) is 4.77. The summed E-state index contributed by atoms with van der Waals surface area (Å²) in [6.45, 7) is 5.41. The molecule has 7 nitrogen and oxygen atoms in total. The van der Waals surface area contributed by atoms with E-state index < -0.39 is 10.0 Å². The first-order valence-corrected chi connectivity index (χ1v) is 8.94. The van der Waals surface area contributed by atoms with Crippen LogP contribution >= 0.6 is 15.9 Å². The van der Waals surface area contributed by atoms with Gasteiger partial charge in [-0.15, -0.1) is 0 Å². The fourth-order valence-corrected chi connectivity index (χ4v) is 3.77. The van der Waals surface area contributed by atoms with Gasteiger partial charge in [-0.05, 0) is 28.5 Å². The molecule has 0 spiro atoms. The number of morpholine rings is 1. The molecule has 1 aliphatic heterocycles.